The molecular weight excluding hydrogens is 226 g/mol. The second kappa shape index (κ2) is 4.44. The number of anilines is 2. The topological polar surface area (TPSA) is 41.7 Å². The van der Waals surface area contributed by atoms with Crippen LogP contribution < -0.4 is 15.5 Å². The standard InChI is InChI=1S/C14H21N3O/c1-16-7-8-17(10-14(15)6-9-18-11-14)13-5-3-2-4-12(13)16/h2-5H,6-11,15H2,1H3. The number of hydrogen-bond donors (Lipinski definition) is 1. The lowest BCUT2D eigenvalue weighted by molar-refractivity contribution is 0.179. The Bertz CT molecular complexity index is 429. The van der Waals surface area contributed by atoms with Crippen LogP contribution in [0.1, 0.15) is 6.42 Å². The second-order valence-electron chi connectivity index (χ2n) is 5.50. The zero-order valence-corrected chi connectivity index (χ0v) is 10.9. The lowest BCUT2D eigenvalue weighted by Crippen LogP contribution is -2.53. The summed E-state index contributed by atoms with van der Waals surface area (Å²) in [7, 11) is 2.15. The monoisotopic (exact) mass is 247 g/mol. The van der Waals surface area contributed by atoms with E-state index in [9.17, 15) is 0 Å². The van der Waals surface area contributed by atoms with Crippen LogP contribution in [0.5, 0.6) is 0 Å². The van der Waals surface area contributed by atoms with Crippen LogP contribution in [0.25, 0.3) is 0 Å². The molecule has 0 aromatic heterocycles. The summed E-state index contributed by atoms with van der Waals surface area (Å²) in [6.45, 7) is 4.45. The van der Waals surface area contributed by atoms with Gasteiger partial charge in [0.05, 0.1) is 23.5 Å². The number of likely N-dealkylation sites (N-methyl/N-ethyl adjacent to an activating group) is 1. The van der Waals surface area contributed by atoms with Crippen molar-refractivity contribution in [2.75, 3.05) is 49.7 Å². The van der Waals surface area contributed by atoms with Gasteiger partial charge in [-0.05, 0) is 18.6 Å². The van der Waals surface area contributed by atoms with Gasteiger partial charge in [0, 0.05) is 33.3 Å². The van der Waals surface area contributed by atoms with Crippen molar-refractivity contribution in [2.24, 2.45) is 5.73 Å². The SMILES string of the molecule is CN1CCN(CC2(N)CCOC2)c2ccccc21. The average molecular weight is 247 g/mol. The fraction of sp³-hybridized carbons (Fsp3) is 0.571. The smallest absolute Gasteiger partial charge is 0.0664 e. The molecule has 0 saturated carbocycles. The number of rotatable bonds is 2. The molecule has 0 amide bonds. The van der Waals surface area contributed by atoms with Gasteiger partial charge in [-0.15, -0.1) is 0 Å². The normalized spacial score (nSPS) is 27.4. The quantitative estimate of drug-likeness (QED) is 0.848. The molecule has 1 aromatic carbocycles. The van der Waals surface area contributed by atoms with Crippen LogP contribution in [0, 0.1) is 0 Å². The molecule has 98 valence electrons. The third-order valence-electron chi connectivity index (χ3n) is 3.98. The fourth-order valence-corrected chi connectivity index (χ4v) is 2.86. The Labute approximate surface area is 108 Å². The Hall–Kier alpha value is -1.26. The first kappa shape index (κ1) is 11.8. The third-order valence-corrected chi connectivity index (χ3v) is 3.98. The van der Waals surface area contributed by atoms with E-state index in [1.807, 2.05) is 0 Å². The van der Waals surface area contributed by atoms with Gasteiger partial charge in [0.2, 0.25) is 0 Å². The van der Waals surface area contributed by atoms with Crippen molar-refractivity contribution in [3.63, 3.8) is 0 Å². The van der Waals surface area contributed by atoms with Crippen molar-refractivity contribution in [1.82, 2.24) is 0 Å². The van der Waals surface area contributed by atoms with Gasteiger partial charge in [0.1, 0.15) is 0 Å². The number of para-hydroxylation sites is 2. The predicted molar refractivity (Wildman–Crippen MR) is 74.3 cm³/mol. The van der Waals surface area contributed by atoms with Crippen molar-refractivity contribution in [3.05, 3.63) is 24.3 Å². The number of ether oxygens (including phenoxy) is 1. The molecule has 0 bridgehead atoms. The Morgan fingerprint density at radius 3 is 2.78 bits per heavy atom. The summed E-state index contributed by atoms with van der Waals surface area (Å²) >= 11 is 0. The molecule has 1 atom stereocenters. The molecular formula is C14H21N3O. The van der Waals surface area contributed by atoms with E-state index in [4.69, 9.17) is 10.5 Å². The van der Waals surface area contributed by atoms with Gasteiger partial charge < -0.3 is 20.3 Å². The highest BCUT2D eigenvalue weighted by atomic mass is 16.5. The van der Waals surface area contributed by atoms with Crippen LogP contribution in [-0.2, 0) is 4.74 Å². The van der Waals surface area contributed by atoms with E-state index in [1.165, 1.54) is 11.4 Å². The van der Waals surface area contributed by atoms with E-state index in [0.29, 0.717) is 6.61 Å². The van der Waals surface area contributed by atoms with E-state index < -0.39 is 0 Å². The zero-order chi connectivity index (χ0) is 12.6. The second-order valence-corrected chi connectivity index (χ2v) is 5.50. The maximum atomic E-state index is 6.40. The molecule has 1 saturated heterocycles. The first-order valence-corrected chi connectivity index (χ1v) is 6.60. The van der Waals surface area contributed by atoms with Gasteiger partial charge >= 0.3 is 0 Å². The van der Waals surface area contributed by atoms with Crippen molar-refractivity contribution in [3.8, 4) is 0 Å². The van der Waals surface area contributed by atoms with Crippen LogP contribution in [0.2, 0.25) is 0 Å². The van der Waals surface area contributed by atoms with Gasteiger partial charge in [0.15, 0.2) is 0 Å². The first-order valence-electron chi connectivity index (χ1n) is 6.60. The maximum absolute atomic E-state index is 6.40. The molecule has 2 N–H and O–H groups in total. The van der Waals surface area contributed by atoms with E-state index >= 15 is 0 Å². The summed E-state index contributed by atoms with van der Waals surface area (Å²) in [4.78, 5) is 4.71. The molecule has 1 unspecified atom stereocenters. The summed E-state index contributed by atoms with van der Waals surface area (Å²) in [5, 5.41) is 0. The number of fused-ring (bicyclic) bond motifs is 1. The van der Waals surface area contributed by atoms with Crippen LogP contribution in [-0.4, -0.2) is 45.4 Å². The summed E-state index contributed by atoms with van der Waals surface area (Å²) in [6.07, 6.45) is 0.960. The zero-order valence-electron chi connectivity index (χ0n) is 10.9. The minimum absolute atomic E-state index is 0.178. The molecule has 0 aliphatic carbocycles. The van der Waals surface area contributed by atoms with Crippen LogP contribution in [0.4, 0.5) is 11.4 Å². The lowest BCUT2D eigenvalue weighted by Gasteiger charge is -2.40. The van der Waals surface area contributed by atoms with Crippen molar-refractivity contribution < 1.29 is 4.74 Å². The Balaban J connectivity index is 1.84. The molecule has 1 fully saturated rings. The van der Waals surface area contributed by atoms with Crippen molar-refractivity contribution in [2.45, 2.75) is 12.0 Å². The molecule has 2 aliphatic rings. The summed E-state index contributed by atoms with van der Waals surface area (Å²) in [5.41, 5.74) is 8.82. The van der Waals surface area contributed by atoms with Gasteiger partial charge in [-0.1, -0.05) is 12.1 Å². The van der Waals surface area contributed by atoms with Crippen molar-refractivity contribution >= 4 is 11.4 Å². The Morgan fingerprint density at radius 2 is 2.06 bits per heavy atom. The molecule has 4 nitrogen and oxygen atoms in total. The van der Waals surface area contributed by atoms with Gasteiger partial charge in [-0.3, -0.25) is 0 Å². The minimum Gasteiger partial charge on any atom is -0.379 e. The highest BCUT2D eigenvalue weighted by molar-refractivity contribution is 5.73. The molecule has 18 heavy (non-hydrogen) atoms. The number of nitrogens with zero attached hydrogens (tertiary/aromatic N) is 2. The average Bonchev–Trinajstić information content (AvgIpc) is 2.80. The molecule has 0 spiro atoms. The van der Waals surface area contributed by atoms with E-state index in [0.717, 1.165) is 32.7 Å². The highest BCUT2D eigenvalue weighted by Crippen LogP contribution is 2.33. The molecule has 2 heterocycles. The molecule has 0 radical (unpaired) electrons. The summed E-state index contributed by atoms with van der Waals surface area (Å²) in [5.74, 6) is 0. The number of nitrogens with two attached hydrogens (primary N) is 1. The number of benzene rings is 1. The fourth-order valence-electron chi connectivity index (χ4n) is 2.86. The third kappa shape index (κ3) is 2.06. The molecule has 3 rings (SSSR count). The van der Waals surface area contributed by atoms with E-state index in [1.54, 1.807) is 0 Å². The van der Waals surface area contributed by atoms with E-state index in [2.05, 4.69) is 41.1 Å². The maximum Gasteiger partial charge on any atom is 0.0664 e. The molecule has 2 aliphatic heterocycles. The molecule has 1 aromatic rings. The number of hydrogen-bond acceptors (Lipinski definition) is 4. The summed E-state index contributed by atoms with van der Waals surface area (Å²) < 4.78 is 5.45. The van der Waals surface area contributed by atoms with Crippen molar-refractivity contribution in [1.29, 1.82) is 0 Å². The van der Waals surface area contributed by atoms with Gasteiger partial charge in [0.25, 0.3) is 0 Å². The summed E-state index contributed by atoms with van der Waals surface area (Å²) in [6, 6.07) is 8.55. The van der Waals surface area contributed by atoms with Gasteiger partial charge in [-0.25, -0.2) is 0 Å². The van der Waals surface area contributed by atoms with E-state index in [-0.39, 0.29) is 5.54 Å². The minimum atomic E-state index is -0.178. The first-order chi connectivity index (χ1) is 8.68. The van der Waals surface area contributed by atoms with Crippen LogP contribution in [0.15, 0.2) is 24.3 Å². The van der Waals surface area contributed by atoms with Gasteiger partial charge in [-0.2, -0.15) is 0 Å². The highest BCUT2D eigenvalue weighted by Gasteiger charge is 2.34. The lowest BCUT2D eigenvalue weighted by atomic mass is 9.98. The largest absolute Gasteiger partial charge is 0.379 e. The molecule has 4 heteroatoms. The van der Waals surface area contributed by atoms with Crippen LogP contribution in [0.3, 0.4) is 0 Å². The Kier molecular flexibility index (Phi) is 2.92. The predicted octanol–water partition coefficient (Wildman–Crippen LogP) is 1.06. The Morgan fingerprint density at radius 1 is 1.28 bits per heavy atom. The van der Waals surface area contributed by atoms with Crippen LogP contribution >= 0.6 is 0 Å².